The summed E-state index contributed by atoms with van der Waals surface area (Å²) in [6.07, 6.45) is -3.45. The van der Waals surface area contributed by atoms with Gasteiger partial charge < -0.3 is 15.5 Å². The number of hydrogen-bond acceptors (Lipinski definition) is 4. The molecule has 3 N–H and O–H groups in total. The number of nitrogens with zero attached hydrogens (tertiary/aromatic N) is 1. The zero-order valence-electron chi connectivity index (χ0n) is 17.4. The lowest BCUT2D eigenvalue weighted by Crippen LogP contribution is -2.45. The number of sulfonamides is 1. The van der Waals surface area contributed by atoms with Gasteiger partial charge in [-0.2, -0.15) is 13.2 Å². The second-order valence-corrected chi connectivity index (χ2v) is 9.30. The lowest BCUT2D eigenvalue weighted by molar-refractivity contribution is -0.122. The Morgan fingerprint density at radius 1 is 0.970 bits per heavy atom. The van der Waals surface area contributed by atoms with Crippen LogP contribution in [0.15, 0.2) is 59.5 Å². The van der Waals surface area contributed by atoms with Crippen LogP contribution in [0.5, 0.6) is 0 Å². The lowest BCUT2D eigenvalue weighted by atomic mass is 9.97. The summed E-state index contributed by atoms with van der Waals surface area (Å²) >= 11 is 0. The molecule has 1 aliphatic rings. The number of carbonyl (C=O) groups is 2. The predicted octanol–water partition coefficient (Wildman–Crippen LogP) is 3.41. The molecule has 1 saturated heterocycles. The van der Waals surface area contributed by atoms with Crippen molar-refractivity contribution in [2.75, 3.05) is 30.3 Å². The quantitative estimate of drug-likeness (QED) is 0.584. The van der Waals surface area contributed by atoms with Gasteiger partial charge in [-0.05, 0) is 49.2 Å². The number of benzene rings is 2. The summed E-state index contributed by atoms with van der Waals surface area (Å²) in [6, 6.07) is 13.4. The van der Waals surface area contributed by atoms with Crippen LogP contribution in [0.25, 0.3) is 0 Å². The number of piperidine rings is 1. The van der Waals surface area contributed by atoms with Gasteiger partial charge in [0.1, 0.15) is 6.54 Å². The number of nitrogens with one attached hydrogen (secondary N) is 3. The number of amides is 3. The number of alkyl halides is 3. The van der Waals surface area contributed by atoms with Gasteiger partial charge in [0.2, 0.25) is 15.9 Å². The molecule has 0 spiro atoms. The van der Waals surface area contributed by atoms with Gasteiger partial charge in [0.05, 0.1) is 10.8 Å². The van der Waals surface area contributed by atoms with Crippen LogP contribution in [0.2, 0.25) is 0 Å². The molecule has 0 bridgehead atoms. The normalized spacial score (nSPS) is 16.8. The predicted molar refractivity (Wildman–Crippen MR) is 116 cm³/mol. The van der Waals surface area contributed by atoms with Crippen LogP contribution < -0.4 is 15.4 Å². The molecule has 1 aliphatic heterocycles. The monoisotopic (exact) mass is 484 g/mol. The number of para-hydroxylation sites is 1. The Balaban J connectivity index is 1.56. The summed E-state index contributed by atoms with van der Waals surface area (Å²) in [5.41, 5.74) is 0.939. The highest BCUT2D eigenvalue weighted by Crippen LogP contribution is 2.21. The summed E-state index contributed by atoms with van der Waals surface area (Å²) in [5, 5.41) is 5.45. The molecule has 0 aliphatic carbocycles. The van der Waals surface area contributed by atoms with Crippen LogP contribution in [-0.4, -0.2) is 51.1 Å². The molecule has 2 aromatic rings. The molecule has 2 aromatic carbocycles. The van der Waals surface area contributed by atoms with Crippen molar-refractivity contribution in [2.45, 2.75) is 23.9 Å². The highest BCUT2D eigenvalue weighted by atomic mass is 32.2. The maximum atomic E-state index is 12.7. The van der Waals surface area contributed by atoms with E-state index in [1.54, 1.807) is 29.2 Å². The molecular formula is C21H23F3N4O4S. The molecule has 0 saturated carbocycles. The summed E-state index contributed by atoms with van der Waals surface area (Å²) < 4.78 is 62.2. The molecule has 3 amide bonds. The number of hydrogen-bond donors (Lipinski definition) is 3. The van der Waals surface area contributed by atoms with Crippen molar-refractivity contribution < 1.29 is 31.2 Å². The zero-order chi connectivity index (χ0) is 24.1. The number of anilines is 2. The van der Waals surface area contributed by atoms with Crippen molar-refractivity contribution in [3.8, 4) is 0 Å². The zero-order valence-corrected chi connectivity index (χ0v) is 18.2. The van der Waals surface area contributed by atoms with Gasteiger partial charge >= 0.3 is 12.2 Å². The third kappa shape index (κ3) is 7.19. The Kier molecular flexibility index (Phi) is 7.59. The van der Waals surface area contributed by atoms with E-state index < -0.39 is 28.7 Å². The summed E-state index contributed by atoms with van der Waals surface area (Å²) in [7, 11) is -4.34. The fourth-order valence-electron chi connectivity index (χ4n) is 3.32. The van der Waals surface area contributed by atoms with Crippen molar-refractivity contribution >= 4 is 33.3 Å². The Labute approximate surface area is 189 Å². The van der Waals surface area contributed by atoms with Gasteiger partial charge in [-0.25, -0.2) is 17.9 Å². The van der Waals surface area contributed by atoms with Crippen LogP contribution in [0, 0.1) is 5.92 Å². The van der Waals surface area contributed by atoms with E-state index in [4.69, 9.17) is 0 Å². The van der Waals surface area contributed by atoms with Gasteiger partial charge in [-0.15, -0.1) is 0 Å². The van der Waals surface area contributed by atoms with E-state index in [-0.39, 0.29) is 23.4 Å². The van der Waals surface area contributed by atoms with Gasteiger partial charge in [-0.3, -0.25) is 4.79 Å². The molecule has 0 radical (unpaired) electrons. The molecule has 178 valence electrons. The Hall–Kier alpha value is -3.12. The van der Waals surface area contributed by atoms with E-state index >= 15 is 0 Å². The topological polar surface area (TPSA) is 108 Å². The van der Waals surface area contributed by atoms with Gasteiger partial charge in [0, 0.05) is 24.5 Å². The van der Waals surface area contributed by atoms with Crippen LogP contribution in [0.4, 0.5) is 29.3 Å². The third-order valence-electron chi connectivity index (χ3n) is 5.00. The molecule has 3 rings (SSSR count). The number of rotatable bonds is 6. The number of halogens is 3. The highest BCUT2D eigenvalue weighted by Gasteiger charge is 2.30. The first kappa shape index (κ1) is 24.5. The largest absolute Gasteiger partial charge is 0.402 e. The van der Waals surface area contributed by atoms with Crippen LogP contribution in [0.1, 0.15) is 12.8 Å². The molecular weight excluding hydrogens is 461 g/mol. The lowest BCUT2D eigenvalue weighted by Gasteiger charge is -2.32. The summed E-state index contributed by atoms with van der Waals surface area (Å²) in [4.78, 5) is 26.4. The molecule has 1 heterocycles. The molecule has 8 nitrogen and oxygen atoms in total. The highest BCUT2D eigenvalue weighted by molar-refractivity contribution is 7.89. The van der Waals surface area contributed by atoms with Gasteiger partial charge in [0.15, 0.2) is 0 Å². The minimum Gasteiger partial charge on any atom is -0.326 e. The number of likely N-dealkylation sites (tertiary alicyclic amines) is 1. The minimum atomic E-state index is -4.67. The standard InChI is InChI=1S/C21H23F3N4O4S/c22-21(23,24)14-25-33(31,32)18-10-8-17(9-11-18)26-19(29)15-5-4-12-28(13-15)20(30)27-16-6-2-1-3-7-16/h1-3,6-11,15,25H,4-5,12-14H2,(H,26,29)(H,27,30)/t15-/m0/s1. The van der Waals surface area contributed by atoms with E-state index in [1.807, 2.05) is 6.07 Å². The maximum Gasteiger partial charge on any atom is 0.402 e. The molecule has 0 aromatic heterocycles. The van der Waals surface area contributed by atoms with Crippen LogP contribution in [0.3, 0.4) is 0 Å². The van der Waals surface area contributed by atoms with E-state index in [2.05, 4.69) is 10.6 Å². The van der Waals surface area contributed by atoms with Crippen molar-refractivity contribution in [1.82, 2.24) is 9.62 Å². The molecule has 12 heteroatoms. The Morgan fingerprint density at radius 2 is 1.61 bits per heavy atom. The molecule has 1 atom stereocenters. The van der Waals surface area contributed by atoms with E-state index in [0.717, 1.165) is 12.1 Å². The fourth-order valence-corrected chi connectivity index (χ4v) is 4.34. The van der Waals surface area contributed by atoms with Crippen molar-refractivity contribution in [1.29, 1.82) is 0 Å². The van der Waals surface area contributed by atoms with Crippen molar-refractivity contribution in [2.24, 2.45) is 5.92 Å². The minimum absolute atomic E-state index is 0.221. The van der Waals surface area contributed by atoms with Crippen LogP contribution in [-0.2, 0) is 14.8 Å². The average Bonchev–Trinajstić information content (AvgIpc) is 2.78. The molecule has 1 fully saturated rings. The van der Waals surface area contributed by atoms with Crippen molar-refractivity contribution in [3.05, 3.63) is 54.6 Å². The summed E-state index contributed by atoms with van der Waals surface area (Å²) in [5.74, 6) is -0.796. The smallest absolute Gasteiger partial charge is 0.326 e. The molecule has 33 heavy (non-hydrogen) atoms. The number of urea groups is 1. The second kappa shape index (κ2) is 10.2. The Bertz CT molecular complexity index is 1080. The SMILES string of the molecule is O=C(Nc1ccc(S(=O)(=O)NCC(F)(F)F)cc1)[C@H]1CCCN(C(=O)Nc2ccccc2)C1. The second-order valence-electron chi connectivity index (χ2n) is 7.53. The van der Waals surface area contributed by atoms with E-state index in [9.17, 15) is 31.2 Å². The Morgan fingerprint density at radius 3 is 2.24 bits per heavy atom. The number of carbonyl (C=O) groups excluding carboxylic acids is 2. The van der Waals surface area contributed by atoms with Crippen LogP contribution >= 0.6 is 0 Å². The average molecular weight is 485 g/mol. The molecule has 0 unspecified atom stereocenters. The third-order valence-corrected chi connectivity index (χ3v) is 6.42. The van der Waals surface area contributed by atoms with Gasteiger partial charge in [0.25, 0.3) is 0 Å². The maximum absolute atomic E-state index is 12.7. The van der Waals surface area contributed by atoms with E-state index in [0.29, 0.717) is 30.8 Å². The van der Waals surface area contributed by atoms with Crippen molar-refractivity contribution in [3.63, 3.8) is 0 Å². The van der Waals surface area contributed by atoms with E-state index in [1.165, 1.54) is 16.9 Å². The first-order valence-electron chi connectivity index (χ1n) is 10.1. The summed E-state index contributed by atoms with van der Waals surface area (Å²) in [6.45, 7) is -0.942. The van der Waals surface area contributed by atoms with Gasteiger partial charge in [-0.1, -0.05) is 18.2 Å². The first-order chi connectivity index (χ1) is 15.5. The fraction of sp³-hybridized carbons (Fsp3) is 0.333. The first-order valence-corrected chi connectivity index (χ1v) is 11.6.